The maximum atomic E-state index is 4.74. The lowest BCUT2D eigenvalue weighted by Crippen LogP contribution is -2.20. The van der Waals surface area contributed by atoms with E-state index >= 15 is 0 Å². The van der Waals surface area contributed by atoms with Gasteiger partial charge in [0.25, 0.3) is 0 Å². The molecule has 0 spiro atoms. The maximum absolute atomic E-state index is 4.74. The fourth-order valence-corrected chi connectivity index (χ4v) is 3.95. The van der Waals surface area contributed by atoms with E-state index in [2.05, 4.69) is 57.4 Å². The molecule has 2 nitrogen and oxygen atoms in total. The lowest BCUT2D eigenvalue weighted by molar-refractivity contribution is 0.579. The third-order valence-corrected chi connectivity index (χ3v) is 5.97. The van der Waals surface area contributed by atoms with Crippen molar-refractivity contribution in [1.82, 2.24) is 10.3 Å². The third-order valence-electron chi connectivity index (χ3n) is 3.27. The van der Waals surface area contributed by atoms with Crippen molar-refractivity contribution < 1.29 is 0 Å². The van der Waals surface area contributed by atoms with E-state index in [0.29, 0.717) is 6.04 Å². The predicted octanol–water partition coefficient (Wildman–Crippen LogP) is 4.70. The van der Waals surface area contributed by atoms with Gasteiger partial charge in [-0.3, -0.25) is 0 Å². The average Bonchev–Trinajstić information content (AvgIpc) is 2.97. The molecule has 20 heavy (non-hydrogen) atoms. The van der Waals surface area contributed by atoms with E-state index < -0.39 is 0 Å². The summed E-state index contributed by atoms with van der Waals surface area (Å²) >= 11 is 3.68. The molecule has 1 unspecified atom stereocenters. The van der Waals surface area contributed by atoms with Crippen molar-refractivity contribution in [3.05, 3.63) is 38.0 Å². The van der Waals surface area contributed by atoms with Gasteiger partial charge in [-0.05, 0) is 31.7 Å². The third kappa shape index (κ3) is 3.90. The molecule has 4 heteroatoms. The Balaban J connectivity index is 1.95. The summed E-state index contributed by atoms with van der Waals surface area (Å²) in [5, 5.41) is 6.99. The van der Waals surface area contributed by atoms with Crippen LogP contribution in [0.5, 0.6) is 0 Å². The van der Waals surface area contributed by atoms with Gasteiger partial charge in [-0.25, -0.2) is 4.98 Å². The Kier molecular flexibility index (Phi) is 4.99. The fourth-order valence-electron chi connectivity index (χ4n) is 2.09. The van der Waals surface area contributed by atoms with Gasteiger partial charge >= 0.3 is 0 Å². The summed E-state index contributed by atoms with van der Waals surface area (Å²) in [4.78, 5) is 7.56. The highest BCUT2D eigenvalue weighted by atomic mass is 32.1. The molecule has 0 fully saturated rings. The molecule has 0 amide bonds. The van der Waals surface area contributed by atoms with Gasteiger partial charge in [-0.2, -0.15) is 0 Å². The van der Waals surface area contributed by atoms with E-state index in [1.807, 2.05) is 22.7 Å². The zero-order valence-corrected chi connectivity index (χ0v) is 14.6. The highest BCUT2D eigenvalue weighted by Gasteiger charge is 2.22. The fraction of sp³-hybridized carbons (Fsp3) is 0.562. The predicted molar refractivity (Wildman–Crippen MR) is 90.0 cm³/mol. The lowest BCUT2D eigenvalue weighted by Gasteiger charge is -2.14. The molecule has 0 aliphatic rings. The van der Waals surface area contributed by atoms with Gasteiger partial charge in [-0.15, -0.1) is 22.7 Å². The first-order valence-electron chi connectivity index (χ1n) is 7.11. The van der Waals surface area contributed by atoms with E-state index in [1.165, 1.54) is 20.5 Å². The molecule has 0 saturated heterocycles. The van der Waals surface area contributed by atoms with Crippen LogP contribution in [0.3, 0.4) is 0 Å². The molecule has 1 atom stereocenters. The molecule has 0 aliphatic heterocycles. The first-order valence-corrected chi connectivity index (χ1v) is 8.81. The Hall–Kier alpha value is -0.710. The number of thiophene rings is 1. The number of nitrogens with one attached hydrogen (secondary N) is 1. The summed E-state index contributed by atoms with van der Waals surface area (Å²) in [6.45, 7) is 12.1. The first kappa shape index (κ1) is 15.7. The molecule has 0 saturated carbocycles. The van der Waals surface area contributed by atoms with Crippen LogP contribution in [0.4, 0.5) is 0 Å². The van der Waals surface area contributed by atoms with Crippen LogP contribution >= 0.6 is 22.7 Å². The van der Waals surface area contributed by atoms with Crippen molar-refractivity contribution in [2.45, 2.75) is 52.5 Å². The van der Waals surface area contributed by atoms with Crippen LogP contribution in [0.15, 0.2) is 17.5 Å². The second kappa shape index (κ2) is 6.37. The SMILES string of the molecule is Cc1nc(C(C)(C)C)sc1C(C)NCCc1cccs1. The summed E-state index contributed by atoms with van der Waals surface area (Å²) < 4.78 is 0. The van der Waals surface area contributed by atoms with E-state index in [1.54, 1.807) is 0 Å². The monoisotopic (exact) mass is 308 g/mol. The van der Waals surface area contributed by atoms with Gasteiger partial charge in [0.2, 0.25) is 0 Å². The summed E-state index contributed by atoms with van der Waals surface area (Å²) in [5.41, 5.74) is 1.32. The Bertz CT molecular complexity index is 535. The molecule has 0 aliphatic carbocycles. The van der Waals surface area contributed by atoms with Crippen LogP contribution in [0.2, 0.25) is 0 Å². The van der Waals surface area contributed by atoms with Gasteiger partial charge < -0.3 is 5.32 Å². The highest BCUT2D eigenvalue weighted by molar-refractivity contribution is 7.12. The van der Waals surface area contributed by atoms with E-state index in [4.69, 9.17) is 4.98 Å². The lowest BCUT2D eigenvalue weighted by atomic mass is 9.98. The summed E-state index contributed by atoms with van der Waals surface area (Å²) in [6.07, 6.45) is 1.10. The van der Waals surface area contributed by atoms with Crippen molar-refractivity contribution in [1.29, 1.82) is 0 Å². The Morgan fingerprint density at radius 1 is 1.35 bits per heavy atom. The number of nitrogens with zero attached hydrogens (tertiary/aromatic N) is 1. The van der Waals surface area contributed by atoms with Crippen molar-refractivity contribution in [2.24, 2.45) is 0 Å². The standard InChI is InChI=1S/C16H24N2S2/c1-11(17-9-8-13-7-6-10-19-13)14-12(2)18-15(20-14)16(3,4)5/h6-7,10-11,17H,8-9H2,1-5H3. The maximum Gasteiger partial charge on any atom is 0.0985 e. The second-order valence-electron chi connectivity index (χ2n) is 6.22. The van der Waals surface area contributed by atoms with E-state index in [-0.39, 0.29) is 5.41 Å². The van der Waals surface area contributed by atoms with Crippen LogP contribution in [-0.2, 0) is 11.8 Å². The van der Waals surface area contributed by atoms with Crippen LogP contribution in [0.1, 0.15) is 54.2 Å². The number of hydrogen-bond acceptors (Lipinski definition) is 4. The van der Waals surface area contributed by atoms with Gasteiger partial charge in [0, 0.05) is 27.8 Å². The molecule has 1 N–H and O–H groups in total. The van der Waals surface area contributed by atoms with E-state index in [0.717, 1.165) is 13.0 Å². The molecular formula is C16H24N2S2. The Morgan fingerprint density at radius 2 is 2.10 bits per heavy atom. The van der Waals surface area contributed by atoms with E-state index in [9.17, 15) is 0 Å². The molecule has 0 bridgehead atoms. The minimum atomic E-state index is 0.143. The van der Waals surface area contributed by atoms with Crippen LogP contribution in [-0.4, -0.2) is 11.5 Å². The molecule has 2 aromatic heterocycles. The Morgan fingerprint density at radius 3 is 2.65 bits per heavy atom. The minimum absolute atomic E-state index is 0.143. The van der Waals surface area contributed by atoms with Crippen molar-refractivity contribution in [2.75, 3.05) is 6.54 Å². The van der Waals surface area contributed by atoms with Crippen LogP contribution in [0, 0.1) is 6.92 Å². The molecule has 0 radical (unpaired) electrons. The molecule has 110 valence electrons. The number of aromatic nitrogens is 1. The minimum Gasteiger partial charge on any atom is -0.309 e. The quantitative estimate of drug-likeness (QED) is 0.865. The van der Waals surface area contributed by atoms with Gasteiger partial charge in [0.05, 0.1) is 10.7 Å². The zero-order chi connectivity index (χ0) is 14.8. The van der Waals surface area contributed by atoms with Gasteiger partial charge in [0.1, 0.15) is 0 Å². The van der Waals surface area contributed by atoms with Crippen molar-refractivity contribution in [3.63, 3.8) is 0 Å². The number of aryl methyl sites for hydroxylation is 1. The van der Waals surface area contributed by atoms with Crippen molar-refractivity contribution >= 4 is 22.7 Å². The number of hydrogen-bond donors (Lipinski definition) is 1. The summed E-state index contributed by atoms with van der Waals surface area (Å²) in [5.74, 6) is 0. The largest absolute Gasteiger partial charge is 0.309 e. The molecule has 2 aromatic rings. The normalized spacial score (nSPS) is 13.7. The smallest absolute Gasteiger partial charge is 0.0985 e. The number of thiazole rings is 1. The summed E-state index contributed by atoms with van der Waals surface area (Å²) in [6, 6.07) is 4.70. The number of rotatable bonds is 5. The molecule has 2 heterocycles. The van der Waals surface area contributed by atoms with Crippen molar-refractivity contribution in [3.8, 4) is 0 Å². The zero-order valence-electron chi connectivity index (χ0n) is 13.0. The topological polar surface area (TPSA) is 24.9 Å². The average molecular weight is 309 g/mol. The van der Waals surface area contributed by atoms with Gasteiger partial charge in [-0.1, -0.05) is 26.8 Å². The Labute approximate surface area is 130 Å². The highest BCUT2D eigenvalue weighted by Crippen LogP contribution is 2.32. The molecular weight excluding hydrogens is 284 g/mol. The molecule has 2 rings (SSSR count). The first-order chi connectivity index (χ1) is 9.38. The molecule has 0 aromatic carbocycles. The van der Waals surface area contributed by atoms with Crippen LogP contribution < -0.4 is 5.32 Å². The van der Waals surface area contributed by atoms with Gasteiger partial charge in [0.15, 0.2) is 0 Å². The second-order valence-corrected chi connectivity index (χ2v) is 8.29. The summed E-state index contributed by atoms with van der Waals surface area (Å²) in [7, 11) is 0. The van der Waals surface area contributed by atoms with Crippen LogP contribution in [0.25, 0.3) is 0 Å².